The Labute approximate surface area is 225 Å². The fourth-order valence-electron chi connectivity index (χ4n) is 5.48. The number of likely N-dealkylation sites (tertiary alicyclic amines) is 1. The number of carbonyl (C=O) groups excluding carboxylic acids is 2. The van der Waals surface area contributed by atoms with Crippen molar-refractivity contribution in [1.29, 1.82) is 0 Å². The first kappa shape index (κ1) is 27.4. The molecule has 0 radical (unpaired) electrons. The van der Waals surface area contributed by atoms with Crippen LogP contribution < -0.4 is 11.5 Å². The SMILES string of the molecule is NCc1ccc(Cl)cc1C[N+]1(C(=O)[C@H](O)[C@H](c2cccc(C(=O)O)c2)c2ccccn2)CCC[C@H]1C(N)=O. The predicted molar refractivity (Wildman–Crippen MR) is 141 cm³/mol. The normalized spacial score (nSPS) is 20.6. The Morgan fingerprint density at radius 1 is 1.08 bits per heavy atom. The van der Waals surface area contributed by atoms with E-state index in [1.807, 2.05) is 0 Å². The maximum Gasteiger partial charge on any atom is 0.344 e. The molecule has 3 aromatic rings. The number of carboxylic acids is 1. The Hall–Kier alpha value is -3.63. The molecule has 1 aliphatic heterocycles. The summed E-state index contributed by atoms with van der Waals surface area (Å²) in [6.07, 6.45) is 0.809. The maximum atomic E-state index is 14.4. The van der Waals surface area contributed by atoms with Crippen LogP contribution in [0.25, 0.3) is 0 Å². The van der Waals surface area contributed by atoms with Crippen LogP contribution in [0.15, 0.2) is 66.9 Å². The molecule has 0 aliphatic carbocycles. The Morgan fingerprint density at radius 3 is 2.53 bits per heavy atom. The summed E-state index contributed by atoms with van der Waals surface area (Å²) in [5.74, 6) is -3.37. The van der Waals surface area contributed by atoms with Crippen molar-refractivity contribution in [2.45, 2.75) is 44.0 Å². The van der Waals surface area contributed by atoms with Crippen molar-refractivity contribution < 1.29 is 29.1 Å². The van der Waals surface area contributed by atoms with Crippen molar-refractivity contribution in [3.05, 3.63) is 99.8 Å². The monoisotopic (exact) mass is 537 g/mol. The Morgan fingerprint density at radius 2 is 1.87 bits per heavy atom. The number of primary amides is 1. The van der Waals surface area contributed by atoms with Crippen LogP contribution in [-0.2, 0) is 22.7 Å². The topological polar surface area (TPSA) is 157 Å². The van der Waals surface area contributed by atoms with Gasteiger partial charge >= 0.3 is 11.9 Å². The number of rotatable bonds is 9. The Balaban J connectivity index is 1.84. The van der Waals surface area contributed by atoms with Crippen molar-refractivity contribution in [3.63, 3.8) is 0 Å². The summed E-state index contributed by atoms with van der Waals surface area (Å²) in [6.45, 7) is 0.549. The van der Waals surface area contributed by atoms with Crippen LogP contribution in [0.3, 0.4) is 0 Å². The van der Waals surface area contributed by atoms with Crippen LogP contribution in [0.5, 0.6) is 0 Å². The van der Waals surface area contributed by atoms with Gasteiger partial charge in [-0.1, -0.05) is 35.9 Å². The molecule has 0 spiro atoms. The molecule has 1 unspecified atom stereocenters. The van der Waals surface area contributed by atoms with E-state index in [0.29, 0.717) is 34.7 Å². The number of aliphatic hydroxyl groups is 1. The molecule has 198 valence electrons. The lowest BCUT2D eigenvalue weighted by molar-refractivity contribution is -0.872. The molecule has 1 aliphatic rings. The van der Waals surface area contributed by atoms with Crippen LogP contribution >= 0.6 is 11.6 Å². The first-order valence-electron chi connectivity index (χ1n) is 12.3. The van der Waals surface area contributed by atoms with Gasteiger partial charge in [0.1, 0.15) is 6.54 Å². The smallest absolute Gasteiger partial charge is 0.344 e. The number of quaternary nitrogens is 1. The molecule has 4 rings (SSSR count). The molecular formula is C28H30ClN4O5+. The molecule has 2 aromatic carbocycles. The summed E-state index contributed by atoms with van der Waals surface area (Å²) in [6, 6.07) is 15.5. The van der Waals surface area contributed by atoms with E-state index in [9.17, 15) is 24.6 Å². The summed E-state index contributed by atoms with van der Waals surface area (Å²) in [4.78, 5) is 43.0. The van der Waals surface area contributed by atoms with Crippen LogP contribution in [0.1, 0.15) is 51.5 Å². The van der Waals surface area contributed by atoms with Crippen LogP contribution in [0.2, 0.25) is 5.02 Å². The molecule has 9 nitrogen and oxygen atoms in total. The summed E-state index contributed by atoms with van der Waals surface area (Å²) < 4.78 is -0.397. The zero-order chi connectivity index (χ0) is 27.4. The van der Waals surface area contributed by atoms with Gasteiger partial charge in [0.2, 0.25) is 0 Å². The minimum atomic E-state index is -1.66. The van der Waals surface area contributed by atoms with E-state index in [0.717, 1.165) is 5.56 Å². The zero-order valence-corrected chi connectivity index (χ0v) is 21.4. The van der Waals surface area contributed by atoms with Crippen LogP contribution in [0, 0.1) is 0 Å². The molecule has 1 saturated heterocycles. The lowest BCUT2D eigenvalue weighted by Gasteiger charge is -2.39. The fourth-order valence-corrected chi connectivity index (χ4v) is 5.67. The first-order chi connectivity index (χ1) is 18.2. The molecule has 1 fully saturated rings. The molecule has 2 heterocycles. The number of amides is 2. The van der Waals surface area contributed by atoms with Crippen LogP contribution in [0.4, 0.5) is 0 Å². The standard InChI is InChI=1S/C28H29ClN4O5/c29-21-10-9-19(15-30)20(14-21)16-33(12-4-8-23(33)26(31)35)27(36)25(34)24(22-7-1-2-11-32-22)17-5-3-6-18(13-17)28(37)38/h1-3,5-7,9-11,13-14,23-25,34H,4,8,12,15-16,30H2,(H2-,31,35,37,38)/p+1/t23-,24+,25+,33?/m0/s1. The van der Waals surface area contributed by atoms with Gasteiger partial charge in [0.15, 0.2) is 12.1 Å². The maximum absolute atomic E-state index is 14.4. The quantitative estimate of drug-likeness (QED) is 0.305. The van der Waals surface area contributed by atoms with Gasteiger partial charge in [-0.25, -0.2) is 14.1 Å². The second-order valence-corrected chi connectivity index (χ2v) is 9.98. The zero-order valence-electron chi connectivity index (χ0n) is 20.7. The Kier molecular flexibility index (Phi) is 8.23. The van der Waals surface area contributed by atoms with Gasteiger partial charge in [-0.3, -0.25) is 9.78 Å². The molecular weight excluding hydrogens is 508 g/mol. The molecule has 38 heavy (non-hydrogen) atoms. The summed E-state index contributed by atoms with van der Waals surface area (Å²) in [5.41, 5.74) is 14.0. The summed E-state index contributed by atoms with van der Waals surface area (Å²) in [7, 11) is 0. The molecule has 0 saturated carbocycles. The first-order valence-corrected chi connectivity index (χ1v) is 12.7. The van der Waals surface area contributed by atoms with E-state index in [2.05, 4.69) is 4.98 Å². The number of aliphatic hydroxyl groups excluding tert-OH is 1. The van der Waals surface area contributed by atoms with Crippen molar-refractivity contribution >= 4 is 29.4 Å². The highest BCUT2D eigenvalue weighted by Gasteiger charge is 2.54. The number of aromatic carboxylic acids is 1. The van der Waals surface area contributed by atoms with Crippen molar-refractivity contribution in [2.75, 3.05) is 6.54 Å². The molecule has 4 atom stereocenters. The third-order valence-electron chi connectivity index (χ3n) is 7.31. The van der Waals surface area contributed by atoms with Crippen molar-refractivity contribution in [1.82, 2.24) is 4.98 Å². The Bertz CT molecular complexity index is 1350. The number of hydrogen-bond acceptors (Lipinski definition) is 6. The number of nitrogens with two attached hydrogens (primary N) is 2. The van der Waals surface area contributed by atoms with E-state index < -0.39 is 40.3 Å². The number of carbonyl (C=O) groups is 3. The average Bonchev–Trinajstić information content (AvgIpc) is 3.34. The van der Waals surface area contributed by atoms with Gasteiger partial charge in [0, 0.05) is 36.2 Å². The second kappa shape index (κ2) is 11.4. The molecule has 0 bridgehead atoms. The van der Waals surface area contributed by atoms with Crippen molar-refractivity contribution in [3.8, 4) is 0 Å². The molecule has 10 heteroatoms. The third kappa shape index (κ3) is 5.32. The minimum Gasteiger partial charge on any atom is -0.478 e. The number of hydrogen-bond donors (Lipinski definition) is 4. The van der Waals surface area contributed by atoms with Crippen molar-refractivity contribution in [2.24, 2.45) is 11.5 Å². The van der Waals surface area contributed by atoms with Gasteiger partial charge in [-0.2, -0.15) is 0 Å². The summed E-state index contributed by atoms with van der Waals surface area (Å²) >= 11 is 6.27. The fraction of sp³-hybridized carbons (Fsp3) is 0.286. The molecule has 6 N–H and O–H groups in total. The van der Waals surface area contributed by atoms with E-state index in [1.54, 1.807) is 48.5 Å². The number of carboxylic acid groups (broad SMARTS) is 1. The third-order valence-corrected chi connectivity index (χ3v) is 7.54. The second-order valence-electron chi connectivity index (χ2n) is 9.54. The molecule has 1 aromatic heterocycles. The highest BCUT2D eigenvalue weighted by atomic mass is 35.5. The van der Waals surface area contributed by atoms with E-state index in [4.69, 9.17) is 23.1 Å². The minimum absolute atomic E-state index is 0.00896. The van der Waals surface area contributed by atoms with E-state index >= 15 is 0 Å². The van der Waals surface area contributed by atoms with E-state index in [1.165, 1.54) is 18.3 Å². The number of aromatic nitrogens is 1. The lowest BCUT2D eigenvalue weighted by atomic mass is 9.87. The lowest BCUT2D eigenvalue weighted by Crippen LogP contribution is -2.63. The highest BCUT2D eigenvalue weighted by Crippen LogP contribution is 2.37. The number of halogens is 1. The predicted octanol–water partition coefficient (Wildman–Crippen LogP) is 2.58. The van der Waals surface area contributed by atoms with Gasteiger partial charge in [-0.15, -0.1) is 0 Å². The van der Waals surface area contributed by atoms with Gasteiger partial charge in [-0.05, 0) is 47.5 Å². The van der Waals surface area contributed by atoms with Gasteiger partial charge in [0.05, 0.1) is 23.7 Å². The number of benzene rings is 2. The summed E-state index contributed by atoms with van der Waals surface area (Å²) in [5, 5.41) is 21.7. The van der Waals surface area contributed by atoms with E-state index in [-0.39, 0.29) is 25.2 Å². The van der Waals surface area contributed by atoms with Crippen LogP contribution in [-0.4, -0.2) is 56.2 Å². The van der Waals surface area contributed by atoms with Gasteiger partial charge < -0.3 is 21.7 Å². The van der Waals surface area contributed by atoms with Gasteiger partial charge in [0.25, 0.3) is 5.91 Å². The largest absolute Gasteiger partial charge is 0.478 e. The molecule has 2 amide bonds. The average molecular weight is 538 g/mol. The highest BCUT2D eigenvalue weighted by molar-refractivity contribution is 6.30. The number of nitrogens with zero attached hydrogens (tertiary/aromatic N) is 2. The number of pyridine rings is 1.